The van der Waals surface area contributed by atoms with Crippen molar-refractivity contribution in [3.05, 3.63) is 34.7 Å². The van der Waals surface area contributed by atoms with Crippen molar-refractivity contribution in [3.63, 3.8) is 0 Å². The van der Waals surface area contributed by atoms with Gasteiger partial charge < -0.3 is 5.32 Å². The Bertz CT molecular complexity index is 333. The van der Waals surface area contributed by atoms with Crippen molar-refractivity contribution in [2.75, 3.05) is 6.54 Å². The molecule has 0 aliphatic carbocycles. The second-order valence-corrected chi connectivity index (χ2v) is 3.21. The molecular formula is C11H14N2O2. The third-order valence-corrected chi connectivity index (χ3v) is 2.10. The van der Waals surface area contributed by atoms with Crippen molar-refractivity contribution in [1.29, 1.82) is 0 Å². The molecule has 0 unspecified atom stereocenters. The van der Waals surface area contributed by atoms with Crippen molar-refractivity contribution in [3.8, 4) is 0 Å². The predicted molar refractivity (Wildman–Crippen MR) is 58.9 cm³/mol. The van der Waals surface area contributed by atoms with E-state index in [1.165, 1.54) is 0 Å². The summed E-state index contributed by atoms with van der Waals surface area (Å²) in [4.78, 5) is 21.1. The van der Waals surface area contributed by atoms with Gasteiger partial charge in [-0.1, -0.05) is 19.1 Å². The van der Waals surface area contributed by atoms with Crippen LogP contribution in [0.2, 0.25) is 0 Å². The minimum Gasteiger partial charge on any atom is -0.356 e. The summed E-state index contributed by atoms with van der Waals surface area (Å²) in [7, 11) is 0. The first-order valence-corrected chi connectivity index (χ1v) is 4.95. The Kier molecular flexibility index (Phi) is 4.47. The molecule has 1 N–H and O–H groups in total. The number of nitroso groups, excluding NO2 is 1. The summed E-state index contributed by atoms with van der Waals surface area (Å²) < 4.78 is 0. The lowest BCUT2D eigenvalue weighted by Crippen LogP contribution is -2.24. The number of benzene rings is 1. The summed E-state index contributed by atoms with van der Waals surface area (Å²) in [6.45, 7) is 2.44. The number of rotatable bonds is 5. The Hall–Kier alpha value is -1.71. The standard InChI is InChI=1S/C11H14N2O2/c1-2-11(14)12-8-7-9-3-5-10(13-15)6-4-9/h3-6H,2,7-8H2,1H3,(H,12,14). The average Bonchev–Trinajstić information content (AvgIpc) is 2.29. The number of hydrogen-bond donors (Lipinski definition) is 1. The van der Waals surface area contributed by atoms with E-state index in [0.29, 0.717) is 18.7 Å². The van der Waals surface area contributed by atoms with Crippen LogP contribution < -0.4 is 5.32 Å². The number of carbonyl (C=O) groups is 1. The van der Waals surface area contributed by atoms with Crippen molar-refractivity contribution in [2.45, 2.75) is 19.8 Å². The summed E-state index contributed by atoms with van der Waals surface area (Å²) >= 11 is 0. The lowest BCUT2D eigenvalue weighted by Gasteiger charge is -2.03. The van der Waals surface area contributed by atoms with Gasteiger partial charge in [0, 0.05) is 13.0 Å². The van der Waals surface area contributed by atoms with E-state index in [4.69, 9.17) is 0 Å². The number of carbonyl (C=O) groups excluding carboxylic acids is 1. The molecule has 0 aliphatic heterocycles. The molecule has 1 aromatic carbocycles. The van der Waals surface area contributed by atoms with Crippen LogP contribution >= 0.6 is 0 Å². The van der Waals surface area contributed by atoms with Crippen LogP contribution in [0.1, 0.15) is 18.9 Å². The molecule has 0 radical (unpaired) electrons. The fourth-order valence-electron chi connectivity index (χ4n) is 1.19. The van der Waals surface area contributed by atoms with Crippen LogP contribution in [0.5, 0.6) is 0 Å². The van der Waals surface area contributed by atoms with Gasteiger partial charge in [0.05, 0.1) is 0 Å². The van der Waals surface area contributed by atoms with E-state index in [2.05, 4.69) is 10.5 Å². The van der Waals surface area contributed by atoms with Crippen LogP contribution in [0, 0.1) is 4.91 Å². The lowest BCUT2D eigenvalue weighted by atomic mass is 10.1. The first-order valence-electron chi connectivity index (χ1n) is 4.95. The molecular weight excluding hydrogens is 192 g/mol. The summed E-state index contributed by atoms with van der Waals surface area (Å²) in [5.41, 5.74) is 1.51. The van der Waals surface area contributed by atoms with Crippen LogP contribution in [0.4, 0.5) is 5.69 Å². The molecule has 0 atom stereocenters. The molecule has 15 heavy (non-hydrogen) atoms. The molecule has 1 amide bonds. The summed E-state index contributed by atoms with van der Waals surface area (Å²) in [6.07, 6.45) is 1.28. The molecule has 0 aromatic heterocycles. The van der Waals surface area contributed by atoms with E-state index in [-0.39, 0.29) is 5.91 Å². The largest absolute Gasteiger partial charge is 0.356 e. The van der Waals surface area contributed by atoms with E-state index >= 15 is 0 Å². The molecule has 1 rings (SSSR count). The highest BCUT2D eigenvalue weighted by Crippen LogP contribution is 2.12. The SMILES string of the molecule is CCC(=O)NCCc1ccc(N=O)cc1. The summed E-state index contributed by atoms with van der Waals surface area (Å²) in [6, 6.07) is 7.03. The summed E-state index contributed by atoms with van der Waals surface area (Å²) in [5.74, 6) is 0.0566. The predicted octanol–water partition coefficient (Wildman–Crippen LogP) is 2.15. The smallest absolute Gasteiger partial charge is 0.219 e. The molecule has 0 spiro atoms. The van der Waals surface area contributed by atoms with E-state index in [1.807, 2.05) is 19.1 Å². The molecule has 0 saturated carbocycles. The number of nitrogens with one attached hydrogen (secondary N) is 1. The number of hydrogen-bond acceptors (Lipinski definition) is 3. The normalized spacial score (nSPS) is 9.67. The Morgan fingerprint density at radius 2 is 2.00 bits per heavy atom. The van der Waals surface area contributed by atoms with Gasteiger partial charge in [-0.3, -0.25) is 4.79 Å². The first kappa shape index (κ1) is 11.4. The van der Waals surface area contributed by atoms with Crippen LogP contribution in [0.25, 0.3) is 0 Å². The zero-order valence-corrected chi connectivity index (χ0v) is 8.69. The Morgan fingerprint density at radius 1 is 1.33 bits per heavy atom. The van der Waals surface area contributed by atoms with Gasteiger partial charge in [-0.05, 0) is 29.3 Å². The van der Waals surface area contributed by atoms with Gasteiger partial charge in [-0.15, -0.1) is 4.91 Å². The molecule has 1 aromatic rings. The molecule has 0 bridgehead atoms. The van der Waals surface area contributed by atoms with Gasteiger partial charge in [0.2, 0.25) is 5.91 Å². The van der Waals surface area contributed by atoms with Crippen LogP contribution in [0.3, 0.4) is 0 Å². The van der Waals surface area contributed by atoms with Crippen LogP contribution in [-0.4, -0.2) is 12.5 Å². The van der Waals surface area contributed by atoms with Crippen LogP contribution in [0.15, 0.2) is 29.4 Å². The second-order valence-electron chi connectivity index (χ2n) is 3.21. The van der Waals surface area contributed by atoms with Gasteiger partial charge in [-0.2, -0.15) is 0 Å². The molecule has 0 heterocycles. The third-order valence-electron chi connectivity index (χ3n) is 2.10. The topological polar surface area (TPSA) is 58.5 Å². The quantitative estimate of drug-likeness (QED) is 0.750. The van der Waals surface area contributed by atoms with Crippen LogP contribution in [-0.2, 0) is 11.2 Å². The maximum atomic E-state index is 10.9. The van der Waals surface area contributed by atoms with E-state index in [1.54, 1.807) is 12.1 Å². The highest BCUT2D eigenvalue weighted by atomic mass is 16.3. The molecule has 0 fully saturated rings. The summed E-state index contributed by atoms with van der Waals surface area (Å²) in [5, 5.41) is 5.60. The maximum absolute atomic E-state index is 10.9. The third kappa shape index (κ3) is 3.89. The highest BCUT2D eigenvalue weighted by molar-refractivity contribution is 5.75. The van der Waals surface area contributed by atoms with E-state index < -0.39 is 0 Å². The van der Waals surface area contributed by atoms with Crippen molar-refractivity contribution in [1.82, 2.24) is 5.32 Å². The zero-order chi connectivity index (χ0) is 11.1. The molecule has 0 aliphatic rings. The Labute approximate surface area is 88.7 Å². The minimum absolute atomic E-state index is 0.0566. The fourth-order valence-corrected chi connectivity index (χ4v) is 1.19. The van der Waals surface area contributed by atoms with Gasteiger partial charge >= 0.3 is 0 Å². The number of amides is 1. The molecule has 4 nitrogen and oxygen atoms in total. The van der Waals surface area contributed by atoms with E-state index in [9.17, 15) is 9.70 Å². The first-order chi connectivity index (χ1) is 7.26. The minimum atomic E-state index is 0.0566. The Balaban J connectivity index is 2.37. The van der Waals surface area contributed by atoms with Crippen molar-refractivity contribution in [2.24, 2.45) is 5.18 Å². The zero-order valence-electron chi connectivity index (χ0n) is 8.69. The van der Waals surface area contributed by atoms with E-state index in [0.717, 1.165) is 12.0 Å². The number of nitrogens with zero attached hydrogens (tertiary/aromatic N) is 1. The van der Waals surface area contributed by atoms with Gasteiger partial charge in [0.15, 0.2) is 0 Å². The van der Waals surface area contributed by atoms with Gasteiger partial charge in [-0.25, -0.2) is 0 Å². The molecule has 80 valence electrons. The molecule has 4 heteroatoms. The van der Waals surface area contributed by atoms with Gasteiger partial charge in [0.1, 0.15) is 5.69 Å². The molecule has 0 saturated heterocycles. The monoisotopic (exact) mass is 206 g/mol. The van der Waals surface area contributed by atoms with Gasteiger partial charge in [0.25, 0.3) is 0 Å². The Morgan fingerprint density at radius 3 is 2.53 bits per heavy atom. The fraction of sp³-hybridized carbons (Fsp3) is 0.364. The average molecular weight is 206 g/mol. The van der Waals surface area contributed by atoms with Crippen molar-refractivity contribution < 1.29 is 4.79 Å². The lowest BCUT2D eigenvalue weighted by molar-refractivity contribution is -0.120. The second kappa shape index (κ2) is 5.90. The maximum Gasteiger partial charge on any atom is 0.219 e. The highest BCUT2D eigenvalue weighted by Gasteiger charge is 1.97. The van der Waals surface area contributed by atoms with Crippen molar-refractivity contribution >= 4 is 11.6 Å².